The van der Waals surface area contributed by atoms with Crippen molar-refractivity contribution in [1.82, 2.24) is 4.98 Å². The highest BCUT2D eigenvalue weighted by Crippen LogP contribution is 2.23. The number of rotatable bonds is 4. The van der Waals surface area contributed by atoms with Gasteiger partial charge in [0, 0.05) is 12.6 Å². The molecular formula is C13H21N3O. The molecular weight excluding hydrogens is 214 g/mol. The fourth-order valence-corrected chi connectivity index (χ4v) is 2.33. The molecule has 17 heavy (non-hydrogen) atoms. The van der Waals surface area contributed by atoms with Gasteiger partial charge in [0.05, 0.1) is 13.3 Å². The summed E-state index contributed by atoms with van der Waals surface area (Å²) in [6.45, 7) is 0.917. The number of hydrogen-bond acceptors (Lipinski definition) is 4. The fraction of sp³-hybridized carbons (Fsp3) is 0.615. The van der Waals surface area contributed by atoms with Gasteiger partial charge in [0.25, 0.3) is 0 Å². The Labute approximate surface area is 103 Å². The fourth-order valence-electron chi connectivity index (χ4n) is 2.33. The minimum Gasteiger partial charge on any atom is -0.495 e. The van der Waals surface area contributed by atoms with Gasteiger partial charge < -0.3 is 15.8 Å². The summed E-state index contributed by atoms with van der Waals surface area (Å²) in [5.74, 6) is 2.25. The van der Waals surface area contributed by atoms with Crippen molar-refractivity contribution in [2.24, 2.45) is 11.7 Å². The number of aromatic nitrogens is 1. The third kappa shape index (κ3) is 3.33. The number of anilines is 1. The van der Waals surface area contributed by atoms with Crippen LogP contribution in [0.4, 0.5) is 5.82 Å². The van der Waals surface area contributed by atoms with Crippen molar-refractivity contribution >= 4 is 5.82 Å². The first-order valence-electron chi connectivity index (χ1n) is 6.29. The Morgan fingerprint density at radius 1 is 1.41 bits per heavy atom. The number of hydrogen-bond donors (Lipinski definition) is 2. The molecule has 0 aromatic carbocycles. The maximum Gasteiger partial charge on any atom is 0.137 e. The van der Waals surface area contributed by atoms with Crippen LogP contribution in [0.15, 0.2) is 18.3 Å². The monoisotopic (exact) mass is 235 g/mol. The molecule has 2 atom stereocenters. The third-order valence-corrected chi connectivity index (χ3v) is 3.49. The Balaban J connectivity index is 1.84. The molecule has 1 aromatic heterocycles. The minimum atomic E-state index is 0.342. The van der Waals surface area contributed by atoms with Gasteiger partial charge in [0.2, 0.25) is 0 Å². The molecule has 1 aliphatic rings. The zero-order chi connectivity index (χ0) is 12.1. The number of pyridine rings is 1. The number of nitrogens with one attached hydrogen (secondary N) is 1. The molecule has 1 aliphatic carbocycles. The molecule has 0 radical (unpaired) electrons. The Morgan fingerprint density at radius 3 is 2.88 bits per heavy atom. The Bertz CT molecular complexity index is 339. The summed E-state index contributed by atoms with van der Waals surface area (Å²) in [5, 5.41) is 3.35. The van der Waals surface area contributed by atoms with E-state index in [9.17, 15) is 0 Å². The first-order chi connectivity index (χ1) is 8.29. The van der Waals surface area contributed by atoms with Crippen molar-refractivity contribution in [2.75, 3.05) is 19.0 Å². The van der Waals surface area contributed by atoms with Crippen LogP contribution in [0.5, 0.6) is 5.75 Å². The molecule has 0 aliphatic heterocycles. The normalized spacial score (nSPS) is 24.4. The lowest BCUT2D eigenvalue weighted by Crippen LogP contribution is -2.37. The number of nitrogens with two attached hydrogens (primary N) is 1. The second-order valence-electron chi connectivity index (χ2n) is 4.67. The highest BCUT2D eigenvalue weighted by atomic mass is 16.5. The molecule has 4 heteroatoms. The molecule has 0 bridgehead atoms. The van der Waals surface area contributed by atoms with E-state index in [0.29, 0.717) is 12.0 Å². The number of methoxy groups -OCH3 is 1. The van der Waals surface area contributed by atoms with Gasteiger partial charge in [-0.05, 0) is 30.9 Å². The zero-order valence-corrected chi connectivity index (χ0v) is 10.4. The van der Waals surface area contributed by atoms with Crippen LogP contribution in [-0.4, -0.2) is 24.7 Å². The molecule has 1 aromatic rings. The van der Waals surface area contributed by atoms with Crippen LogP contribution in [-0.2, 0) is 0 Å². The van der Waals surface area contributed by atoms with Crippen molar-refractivity contribution in [3.8, 4) is 5.75 Å². The Kier molecular flexibility index (Phi) is 4.20. The predicted octanol–water partition coefficient (Wildman–Crippen LogP) is 2.02. The molecule has 1 fully saturated rings. The molecule has 4 nitrogen and oxygen atoms in total. The molecule has 0 saturated heterocycles. The first-order valence-corrected chi connectivity index (χ1v) is 6.29. The molecule has 94 valence electrons. The van der Waals surface area contributed by atoms with Gasteiger partial charge in [-0.15, -0.1) is 0 Å². The van der Waals surface area contributed by atoms with Gasteiger partial charge in [0.1, 0.15) is 11.6 Å². The Morgan fingerprint density at radius 2 is 2.24 bits per heavy atom. The summed E-state index contributed by atoms with van der Waals surface area (Å²) in [6.07, 6.45) is 6.68. The number of nitrogens with zero attached hydrogens (tertiary/aromatic N) is 1. The maximum atomic E-state index is 6.11. The van der Waals surface area contributed by atoms with Crippen LogP contribution in [0.1, 0.15) is 25.7 Å². The number of ether oxygens (including phenoxy) is 1. The lowest BCUT2D eigenvalue weighted by molar-refractivity contribution is 0.321. The van der Waals surface area contributed by atoms with Crippen LogP contribution < -0.4 is 15.8 Å². The topological polar surface area (TPSA) is 60.2 Å². The highest BCUT2D eigenvalue weighted by Gasteiger charge is 2.21. The zero-order valence-electron chi connectivity index (χ0n) is 10.4. The van der Waals surface area contributed by atoms with E-state index in [4.69, 9.17) is 10.5 Å². The molecule has 1 saturated carbocycles. The van der Waals surface area contributed by atoms with E-state index in [-0.39, 0.29) is 0 Å². The third-order valence-electron chi connectivity index (χ3n) is 3.49. The SMILES string of the molecule is COc1ccc(NCC2CCCCC2N)nc1. The summed E-state index contributed by atoms with van der Waals surface area (Å²) >= 11 is 0. The second kappa shape index (κ2) is 5.87. The van der Waals surface area contributed by atoms with Crippen molar-refractivity contribution in [3.05, 3.63) is 18.3 Å². The van der Waals surface area contributed by atoms with E-state index >= 15 is 0 Å². The highest BCUT2D eigenvalue weighted by molar-refractivity contribution is 5.37. The van der Waals surface area contributed by atoms with E-state index in [1.807, 2.05) is 12.1 Å². The summed E-state index contributed by atoms with van der Waals surface area (Å²) in [6, 6.07) is 4.19. The quantitative estimate of drug-likeness (QED) is 0.838. The first kappa shape index (κ1) is 12.2. The Hall–Kier alpha value is -1.29. The van der Waals surface area contributed by atoms with E-state index in [1.54, 1.807) is 13.3 Å². The van der Waals surface area contributed by atoms with Crippen LogP contribution in [0.25, 0.3) is 0 Å². The van der Waals surface area contributed by atoms with Crippen molar-refractivity contribution in [3.63, 3.8) is 0 Å². The van der Waals surface area contributed by atoms with Gasteiger partial charge in [-0.3, -0.25) is 0 Å². The van der Waals surface area contributed by atoms with Crippen LogP contribution in [0.3, 0.4) is 0 Å². The molecule has 3 N–H and O–H groups in total. The average Bonchev–Trinajstić information content (AvgIpc) is 2.38. The van der Waals surface area contributed by atoms with E-state index in [2.05, 4.69) is 10.3 Å². The molecule has 0 amide bonds. The maximum absolute atomic E-state index is 6.11. The summed E-state index contributed by atoms with van der Waals surface area (Å²) in [4.78, 5) is 4.28. The summed E-state index contributed by atoms with van der Waals surface area (Å²) in [5.41, 5.74) is 6.11. The van der Waals surface area contributed by atoms with E-state index in [0.717, 1.165) is 24.5 Å². The molecule has 0 spiro atoms. The summed E-state index contributed by atoms with van der Waals surface area (Å²) < 4.78 is 5.07. The molecule has 2 unspecified atom stereocenters. The van der Waals surface area contributed by atoms with Crippen molar-refractivity contribution in [2.45, 2.75) is 31.7 Å². The van der Waals surface area contributed by atoms with Gasteiger partial charge in [-0.2, -0.15) is 0 Å². The largest absolute Gasteiger partial charge is 0.495 e. The van der Waals surface area contributed by atoms with E-state index in [1.165, 1.54) is 19.3 Å². The lowest BCUT2D eigenvalue weighted by atomic mass is 9.85. The van der Waals surface area contributed by atoms with E-state index < -0.39 is 0 Å². The summed E-state index contributed by atoms with van der Waals surface area (Å²) in [7, 11) is 1.64. The van der Waals surface area contributed by atoms with Crippen LogP contribution in [0, 0.1) is 5.92 Å². The lowest BCUT2D eigenvalue weighted by Gasteiger charge is -2.28. The van der Waals surface area contributed by atoms with Crippen LogP contribution in [0.2, 0.25) is 0 Å². The van der Waals surface area contributed by atoms with Crippen LogP contribution >= 0.6 is 0 Å². The second-order valence-corrected chi connectivity index (χ2v) is 4.67. The average molecular weight is 235 g/mol. The van der Waals surface area contributed by atoms with Gasteiger partial charge >= 0.3 is 0 Å². The van der Waals surface area contributed by atoms with Crippen molar-refractivity contribution in [1.29, 1.82) is 0 Å². The van der Waals surface area contributed by atoms with Gasteiger partial charge in [-0.1, -0.05) is 12.8 Å². The van der Waals surface area contributed by atoms with Crippen molar-refractivity contribution < 1.29 is 4.74 Å². The standard InChI is InChI=1S/C13H21N3O/c1-17-11-6-7-13(16-9-11)15-8-10-4-2-3-5-12(10)14/h6-7,9-10,12H,2-5,8,14H2,1H3,(H,15,16). The van der Waals surface area contributed by atoms with Gasteiger partial charge in [0.15, 0.2) is 0 Å². The molecule has 2 rings (SSSR count). The predicted molar refractivity (Wildman–Crippen MR) is 69.2 cm³/mol. The van der Waals surface area contributed by atoms with Gasteiger partial charge in [-0.25, -0.2) is 4.98 Å². The smallest absolute Gasteiger partial charge is 0.137 e. The minimum absolute atomic E-state index is 0.342. The molecule has 1 heterocycles.